The lowest BCUT2D eigenvalue weighted by Gasteiger charge is -2.40. The number of aromatic nitrogens is 2. The highest BCUT2D eigenvalue weighted by Crippen LogP contribution is 2.32. The number of halogens is 1. The Labute approximate surface area is 133 Å². The molecule has 3 heterocycles. The van der Waals surface area contributed by atoms with Crippen molar-refractivity contribution in [1.82, 2.24) is 9.97 Å². The van der Waals surface area contributed by atoms with Gasteiger partial charge in [-0.1, -0.05) is 13.3 Å². The topological polar surface area (TPSA) is 55.0 Å². The number of pyridine rings is 2. The summed E-state index contributed by atoms with van der Waals surface area (Å²) in [5, 5.41) is 0. The molecule has 2 N–H and O–H groups in total. The largest absolute Gasteiger partial charge is 0.365 e. The zero-order valence-electron chi connectivity index (χ0n) is 12.3. The van der Waals surface area contributed by atoms with Crippen LogP contribution in [0, 0.1) is 5.92 Å². The van der Waals surface area contributed by atoms with E-state index in [0.29, 0.717) is 12.6 Å². The van der Waals surface area contributed by atoms with Crippen molar-refractivity contribution in [2.24, 2.45) is 11.7 Å². The second-order valence-corrected chi connectivity index (χ2v) is 6.65. The third-order valence-corrected chi connectivity index (χ3v) is 4.94. The number of hydrogen-bond acceptors (Lipinski definition) is 4. The predicted octanol–water partition coefficient (Wildman–Crippen LogP) is 3.35. The van der Waals surface area contributed by atoms with Gasteiger partial charge in [-0.25, -0.2) is 0 Å². The standard InChI is InChI=1S/C16H21BrN4/c1-2-11-4-6-21(13(7-11)9-18)15-3-5-19-14-8-12(17)10-20-16(14)15/h3,5,8,10-11,13H,2,4,6-7,9,18H2,1H3. The predicted molar refractivity (Wildman–Crippen MR) is 90.4 cm³/mol. The summed E-state index contributed by atoms with van der Waals surface area (Å²) >= 11 is 3.46. The van der Waals surface area contributed by atoms with Crippen LogP contribution < -0.4 is 10.6 Å². The van der Waals surface area contributed by atoms with Gasteiger partial charge in [-0.2, -0.15) is 0 Å². The first-order valence-electron chi connectivity index (χ1n) is 7.60. The first kappa shape index (κ1) is 14.7. The van der Waals surface area contributed by atoms with Crippen molar-refractivity contribution >= 4 is 32.7 Å². The molecule has 21 heavy (non-hydrogen) atoms. The van der Waals surface area contributed by atoms with Gasteiger partial charge in [-0.3, -0.25) is 9.97 Å². The minimum Gasteiger partial charge on any atom is -0.365 e. The van der Waals surface area contributed by atoms with Crippen LogP contribution in [0.25, 0.3) is 11.0 Å². The van der Waals surface area contributed by atoms with Crippen molar-refractivity contribution in [3.63, 3.8) is 0 Å². The molecular formula is C16H21BrN4. The second kappa shape index (κ2) is 6.28. The molecule has 0 radical (unpaired) electrons. The minimum absolute atomic E-state index is 0.403. The van der Waals surface area contributed by atoms with Crippen LogP contribution >= 0.6 is 15.9 Å². The van der Waals surface area contributed by atoms with E-state index in [1.54, 1.807) is 0 Å². The summed E-state index contributed by atoms with van der Waals surface area (Å²) in [6.07, 6.45) is 7.35. The molecule has 4 nitrogen and oxygen atoms in total. The number of nitrogens with two attached hydrogens (primary N) is 1. The number of rotatable bonds is 3. The van der Waals surface area contributed by atoms with E-state index in [2.05, 4.69) is 43.8 Å². The van der Waals surface area contributed by atoms with Crippen molar-refractivity contribution in [2.75, 3.05) is 18.0 Å². The fourth-order valence-corrected chi connectivity index (χ4v) is 3.59. The number of anilines is 1. The maximum Gasteiger partial charge on any atom is 0.112 e. The molecule has 112 valence electrons. The Morgan fingerprint density at radius 1 is 1.43 bits per heavy atom. The number of hydrogen-bond donors (Lipinski definition) is 1. The van der Waals surface area contributed by atoms with Crippen LogP contribution in [0.2, 0.25) is 0 Å². The average molecular weight is 349 g/mol. The van der Waals surface area contributed by atoms with Gasteiger partial charge in [-0.05, 0) is 46.8 Å². The van der Waals surface area contributed by atoms with E-state index < -0.39 is 0 Å². The first-order valence-corrected chi connectivity index (χ1v) is 8.39. The molecule has 1 aliphatic heterocycles. The van der Waals surface area contributed by atoms with Gasteiger partial charge in [0.25, 0.3) is 0 Å². The Kier molecular flexibility index (Phi) is 4.40. The monoisotopic (exact) mass is 348 g/mol. The molecule has 0 bridgehead atoms. The highest BCUT2D eigenvalue weighted by Gasteiger charge is 2.28. The van der Waals surface area contributed by atoms with Crippen LogP contribution in [0.5, 0.6) is 0 Å². The van der Waals surface area contributed by atoms with Gasteiger partial charge < -0.3 is 10.6 Å². The van der Waals surface area contributed by atoms with E-state index in [1.165, 1.54) is 19.3 Å². The number of nitrogens with zero attached hydrogens (tertiary/aromatic N) is 3. The minimum atomic E-state index is 0.403. The van der Waals surface area contributed by atoms with Crippen LogP contribution in [0.15, 0.2) is 29.0 Å². The maximum atomic E-state index is 6.03. The highest BCUT2D eigenvalue weighted by molar-refractivity contribution is 9.10. The first-order chi connectivity index (χ1) is 10.2. The van der Waals surface area contributed by atoms with E-state index in [-0.39, 0.29) is 0 Å². The van der Waals surface area contributed by atoms with Crippen molar-refractivity contribution in [3.8, 4) is 0 Å². The van der Waals surface area contributed by atoms with Crippen molar-refractivity contribution in [1.29, 1.82) is 0 Å². The Morgan fingerprint density at radius 3 is 3.05 bits per heavy atom. The van der Waals surface area contributed by atoms with Gasteiger partial charge in [0.1, 0.15) is 5.52 Å². The Hall–Kier alpha value is -1.20. The van der Waals surface area contributed by atoms with E-state index in [4.69, 9.17) is 5.73 Å². The zero-order chi connectivity index (χ0) is 14.8. The molecule has 2 unspecified atom stereocenters. The van der Waals surface area contributed by atoms with Crippen molar-refractivity contribution < 1.29 is 0 Å². The summed E-state index contributed by atoms with van der Waals surface area (Å²) in [7, 11) is 0. The number of fused-ring (bicyclic) bond motifs is 1. The van der Waals surface area contributed by atoms with Crippen LogP contribution in [0.1, 0.15) is 26.2 Å². The maximum absolute atomic E-state index is 6.03. The molecule has 0 spiro atoms. The molecule has 2 aromatic rings. The smallest absolute Gasteiger partial charge is 0.112 e. The van der Waals surface area contributed by atoms with Gasteiger partial charge in [0.2, 0.25) is 0 Å². The quantitative estimate of drug-likeness (QED) is 0.923. The van der Waals surface area contributed by atoms with Crippen molar-refractivity contribution in [2.45, 2.75) is 32.2 Å². The fraction of sp³-hybridized carbons (Fsp3) is 0.500. The van der Waals surface area contributed by atoms with Crippen LogP contribution in [-0.4, -0.2) is 29.1 Å². The molecule has 0 saturated carbocycles. The summed E-state index contributed by atoms with van der Waals surface area (Å²) < 4.78 is 0.958. The molecule has 3 rings (SSSR count). The molecule has 0 amide bonds. The summed E-state index contributed by atoms with van der Waals surface area (Å²) in [6, 6.07) is 4.49. The van der Waals surface area contributed by atoms with E-state index in [0.717, 1.165) is 33.7 Å². The molecule has 0 aromatic carbocycles. The SMILES string of the molecule is CCC1CCN(c2ccnc3cc(Br)cnc23)C(CN)C1. The lowest BCUT2D eigenvalue weighted by Crippen LogP contribution is -2.46. The number of piperidine rings is 1. The molecular weight excluding hydrogens is 328 g/mol. The Morgan fingerprint density at radius 2 is 2.29 bits per heavy atom. The third-order valence-electron chi connectivity index (χ3n) is 4.51. The van der Waals surface area contributed by atoms with E-state index in [9.17, 15) is 0 Å². The molecule has 1 saturated heterocycles. The van der Waals surface area contributed by atoms with Crippen molar-refractivity contribution in [3.05, 3.63) is 29.0 Å². The Bertz CT molecular complexity index is 631. The third kappa shape index (κ3) is 2.90. The second-order valence-electron chi connectivity index (χ2n) is 5.73. The molecule has 2 aromatic heterocycles. The zero-order valence-corrected chi connectivity index (χ0v) is 13.9. The van der Waals surface area contributed by atoms with E-state index in [1.807, 2.05) is 18.5 Å². The highest BCUT2D eigenvalue weighted by atomic mass is 79.9. The average Bonchev–Trinajstić information content (AvgIpc) is 2.53. The molecule has 1 fully saturated rings. The van der Waals surface area contributed by atoms with Gasteiger partial charge >= 0.3 is 0 Å². The Balaban J connectivity index is 1.99. The molecule has 1 aliphatic rings. The lowest BCUT2D eigenvalue weighted by molar-refractivity contribution is 0.336. The molecule has 0 aliphatic carbocycles. The molecule has 2 atom stereocenters. The van der Waals surface area contributed by atoms with Gasteiger partial charge in [-0.15, -0.1) is 0 Å². The van der Waals surface area contributed by atoms with Gasteiger partial charge in [0.15, 0.2) is 0 Å². The summed E-state index contributed by atoms with van der Waals surface area (Å²) in [5.41, 5.74) is 9.09. The lowest BCUT2D eigenvalue weighted by atomic mass is 9.88. The summed E-state index contributed by atoms with van der Waals surface area (Å²) in [4.78, 5) is 11.4. The molecule has 5 heteroatoms. The van der Waals surface area contributed by atoms with E-state index >= 15 is 0 Å². The van der Waals surface area contributed by atoms with Crippen LogP contribution in [0.3, 0.4) is 0 Å². The van der Waals surface area contributed by atoms with Gasteiger partial charge in [0, 0.05) is 36.0 Å². The van der Waals surface area contributed by atoms with Crippen LogP contribution in [-0.2, 0) is 0 Å². The fourth-order valence-electron chi connectivity index (χ4n) is 3.27. The normalized spacial score (nSPS) is 22.7. The van der Waals surface area contributed by atoms with Crippen LogP contribution in [0.4, 0.5) is 5.69 Å². The summed E-state index contributed by atoms with van der Waals surface area (Å²) in [5.74, 6) is 0.796. The van der Waals surface area contributed by atoms with Gasteiger partial charge in [0.05, 0.1) is 11.2 Å². The summed E-state index contributed by atoms with van der Waals surface area (Å²) in [6.45, 7) is 4.02.